The number of aromatic nitrogens is 2. The van der Waals surface area contributed by atoms with E-state index in [4.69, 9.17) is 4.74 Å². The SMILES string of the molecule is Cc1cc(Oc2ncccn2)cc(C)c1CCC=O. The van der Waals surface area contributed by atoms with E-state index in [1.807, 2.05) is 26.0 Å². The number of rotatable bonds is 5. The molecular formula is C15H16N2O2. The molecule has 4 heteroatoms. The number of hydrogen-bond donors (Lipinski definition) is 0. The van der Waals surface area contributed by atoms with Gasteiger partial charge in [0.1, 0.15) is 12.0 Å². The summed E-state index contributed by atoms with van der Waals surface area (Å²) < 4.78 is 5.61. The van der Waals surface area contributed by atoms with Crippen molar-refractivity contribution in [3.8, 4) is 11.8 Å². The summed E-state index contributed by atoms with van der Waals surface area (Å²) in [5.41, 5.74) is 3.44. The van der Waals surface area contributed by atoms with Crippen molar-refractivity contribution in [1.82, 2.24) is 9.97 Å². The monoisotopic (exact) mass is 256 g/mol. The fraction of sp³-hybridized carbons (Fsp3) is 0.267. The number of carbonyl (C=O) groups is 1. The molecule has 0 spiro atoms. The van der Waals surface area contributed by atoms with Crippen LogP contribution in [0.25, 0.3) is 0 Å². The molecule has 0 saturated carbocycles. The second-order valence-electron chi connectivity index (χ2n) is 4.37. The molecule has 19 heavy (non-hydrogen) atoms. The highest BCUT2D eigenvalue weighted by Gasteiger charge is 2.07. The van der Waals surface area contributed by atoms with Crippen LogP contribution in [0, 0.1) is 13.8 Å². The van der Waals surface area contributed by atoms with Crippen LogP contribution in [-0.4, -0.2) is 16.3 Å². The van der Waals surface area contributed by atoms with E-state index in [1.54, 1.807) is 18.5 Å². The van der Waals surface area contributed by atoms with Gasteiger partial charge in [-0.15, -0.1) is 0 Å². The van der Waals surface area contributed by atoms with Crippen molar-refractivity contribution in [3.63, 3.8) is 0 Å². The Morgan fingerprint density at radius 3 is 2.37 bits per heavy atom. The van der Waals surface area contributed by atoms with Crippen molar-refractivity contribution < 1.29 is 9.53 Å². The minimum absolute atomic E-state index is 0.335. The van der Waals surface area contributed by atoms with Crippen LogP contribution in [0.2, 0.25) is 0 Å². The average molecular weight is 256 g/mol. The molecule has 1 heterocycles. The Kier molecular flexibility index (Phi) is 4.23. The lowest BCUT2D eigenvalue weighted by Crippen LogP contribution is -1.97. The highest BCUT2D eigenvalue weighted by Crippen LogP contribution is 2.25. The molecule has 2 rings (SSSR count). The standard InChI is InChI=1S/C15H16N2O2/c1-11-9-13(19-15-16-6-4-7-17-15)10-12(2)14(11)5-3-8-18/h4,6-10H,3,5H2,1-2H3. The van der Waals surface area contributed by atoms with Crippen LogP contribution in [0.1, 0.15) is 23.1 Å². The lowest BCUT2D eigenvalue weighted by molar-refractivity contribution is -0.107. The van der Waals surface area contributed by atoms with Crippen molar-refractivity contribution in [2.45, 2.75) is 26.7 Å². The van der Waals surface area contributed by atoms with Crippen LogP contribution in [0.15, 0.2) is 30.6 Å². The lowest BCUT2D eigenvalue weighted by atomic mass is 9.98. The van der Waals surface area contributed by atoms with Crippen LogP contribution in [0.3, 0.4) is 0 Å². The van der Waals surface area contributed by atoms with Gasteiger partial charge in [0.2, 0.25) is 0 Å². The number of hydrogen-bond acceptors (Lipinski definition) is 4. The topological polar surface area (TPSA) is 52.1 Å². The summed E-state index contributed by atoms with van der Waals surface area (Å²) in [5.74, 6) is 0.719. The molecule has 0 fully saturated rings. The van der Waals surface area contributed by atoms with E-state index in [0.29, 0.717) is 12.4 Å². The first kappa shape index (κ1) is 13.2. The summed E-state index contributed by atoms with van der Waals surface area (Å²) in [6.45, 7) is 4.04. The Morgan fingerprint density at radius 1 is 1.16 bits per heavy atom. The Hall–Kier alpha value is -2.23. The predicted molar refractivity (Wildman–Crippen MR) is 72.4 cm³/mol. The summed E-state index contributed by atoms with van der Waals surface area (Å²) >= 11 is 0. The molecule has 0 saturated heterocycles. The summed E-state index contributed by atoms with van der Waals surface area (Å²) in [5, 5.41) is 0. The number of nitrogens with zero attached hydrogens (tertiary/aromatic N) is 2. The van der Waals surface area contributed by atoms with Crippen LogP contribution in [0.4, 0.5) is 0 Å². The highest BCUT2D eigenvalue weighted by molar-refractivity contribution is 5.51. The summed E-state index contributed by atoms with van der Waals surface area (Å²) in [7, 11) is 0. The normalized spacial score (nSPS) is 10.2. The molecular weight excluding hydrogens is 240 g/mol. The van der Waals surface area contributed by atoms with Crippen molar-refractivity contribution in [1.29, 1.82) is 0 Å². The van der Waals surface area contributed by atoms with Gasteiger partial charge in [-0.25, -0.2) is 9.97 Å². The minimum Gasteiger partial charge on any atom is -0.424 e. The zero-order valence-corrected chi connectivity index (χ0v) is 11.1. The molecule has 0 aliphatic carbocycles. The van der Waals surface area contributed by atoms with Gasteiger partial charge in [0.15, 0.2) is 0 Å². The van der Waals surface area contributed by atoms with Crippen molar-refractivity contribution in [2.24, 2.45) is 0 Å². The van der Waals surface area contributed by atoms with E-state index in [-0.39, 0.29) is 0 Å². The van der Waals surface area contributed by atoms with Gasteiger partial charge in [-0.05, 0) is 55.2 Å². The zero-order chi connectivity index (χ0) is 13.7. The average Bonchev–Trinajstić information content (AvgIpc) is 2.39. The smallest absolute Gasteiger partial charge is 0.321 e. The quantitative estimate of drug-likeness (QED) is 0.772. The second kappa shape index (κ2) is 6.09. The number of aldehydes is 1. The molecule has 1 aromatic carbocycles. The molecule has 2 aromatic rings. The second-order valence-corrected chi connectivity index (χ2v) is 4.37. The summed E-state index contributed by atoms with van der Waals surface area (Å²) in [6.07, 6.45) is 5.54. The molecule has 0 atom stereocenters. The predicted octanol–water partition coefficient (Wildman–Crippen LogP) is 3.02. The molecule has 98 valence electrons. The first-order valence-electron chi connectivity index (χ1n) is 6.19. The molecule has 4 nitrogen and oxygen atoms in total. The van der Waals surface area contributed by atoms with Crippen LogP contribution in [-0.2, 0) is 11.2 Å². The fourth-order valence-electron chi connectivity index (χ4n) is 2.05. The van der Waals surface area contributed by atoms with E-state index in [0.717, 1.165) is 29.6 Å². The van der Waals surface area contributed by atoms with Gasteiger partial charge >= 0.3 is 6.01 Å². The largest absolute Gasteiger partial charge is 0.424 e. The molecule has 0 bridgehead atoms. The first-order chi connectivity index (χ1) is 9.20. The van der Waals surface area contributed by atoms with Crippen molar-refractivity contribution in [3.05, 3.63) is 47.3 Å². The minimum atomic E-state index is 0.335. The third-order valence-electron chi connectivity index (χ3n) is 2.93. The third kappa shape index (κ3) is 3.37. The van der Waals surface area contributed by atoms with Crippen LogP contribution < -0.4 is 4.74 Å². The van der Waals surface area contributed by atoms with E-state index in [1.165, 1.54) is 5.56 Å². The van der Waals surface area contributed by atoms with Gasteiger partial charge in [-0.1, -0.05) is 0 Å². The van der Waals surface area contributed by atoms with Crippen molar-refractivity contribution in [2.75, 3.05) is 0 Å². The Balaban J connectivity index is 2.22. The maximum atomic E-state index is 10.5. The van der Waals surface area contributed by atoms with Gasteiger partial charge in [-0.2, -0.15) is 0 Å². The number of aryl methyl sites for hydroxylation is 2. The van der Waals surface area contributed by atoms with Gasteiger partial charge in [0, 0.05) is 18.8 Å². The molecule has 0 aliphatic rings. The molecule has 0 aliphatic heterocycles. The Bertz CT molecular complexity index is 545. The maximum Gasteiger partial charge on any atom is 0.321 e. The Labute approximate surface area is 112 Å². The van der Waals surface area contributed by atoms with E-state index in [2.05, 4.69) is 9.97 Å². The fourth-order valence-corrected chi connectivity index (χ4v) is 2.05. The third-order valence-corrected chi connectivity index (χ3v) is 2.93. The zero-order valence-electron chi connectivity index (χ0n) is 11.1. The van der Waals surface area contributed by atoms with Crippen LogP contribution >= 0.6 is 0 Å². The van der Waals surface area contributed by atoms with E-state index < -0.39 is 0 Å². The maximum absolute atomic E-state index is 10.5. The highest BCUT2D eigenvalue weighted by atomic mass is 16.5. The van der Waals surface area contributed by atoms with E-state index in [9.17, 15) is 4.79 Å². The Morgan fingerprint density at radius 2 is 1.79 bits per heavy atom. The molecule has 0 N–H and O–H groups in total. The number of carbonyl (C=O) groups excluding carboxylic acids is 1. The van der Waals surface area contributed by atoms with Crippen LogP contribution in [0.5, 0.6) is 11.8 Å². The van der Waals surface area contributed by atoms with Gasteiger partial charge < -0.3 is 9.53 Å². The van der Waals surface area contributed by atoms with E-state index >= 15 is 0 Å². The first-order valence-corrected chi connectivity index (χ1v) is 6.19. The van der Waals surface area contributed by atoms with Gasteiger partial charge in [-0.3, -0.25) is 0 Å². The number of ether oxygens (including phenoxy) is 1. The van der Waals surface area contributed by atoms with Gasteiger partial charge in [0.25, 0.3) is 0 Å². The molecule has 1 aromatic heterocycles. The molecule has 0 amide bonds. The van der Waals surface area contributed by atoms with Gasteiger partial charge in [0.05, 0.1) is 0 Å². The summed E-state index contributed by atoms with van der Waals surface area (Å²) in [6, 6.07) is 5.97. The summed E-state index contributed by atoms with van der Waals surface area (Å²) in [4.78, 5) is 18.5. The lowest BCUT2D eigenvalue weighted by Gasteiger charge is -2.11. The van der Waals surface area contributed by atoms with Crippen molar-refractivity contribution >= 4 is 6.29 Å². The molecule has 0 unspecified atom stereocenters. The molecule has 0 radical (unpaired) electrons. The number of benzene rings is 1.